The molecule has 1 saturated carbocycles. The first-order valence-corrected chi connectivity index (χ1v) is 8.90. The number of likely N-dealkylation sites (tertiary alicyclic amines) is 1. The zero-order valence-electron chi connectivity index (χ0n) is 14.0. The predicted octanol–water partition coefficient (Wildman–Crippen LogP) is 2.82. The fourth-order valence-corrected chi connectivity index (χ4v) is 3.79. The van der Waals surface area contributed by atoms with Gasteiger partial charge in [-0.2, -0.15) is 0 Å². The summed E-state index contributed by atoms with van der Waals surface area (Å²) in [5.41, 5.74) is 0. The lowest BCUT2D eigenvalue weighted by Gasteiger charge is -2.32. The fraction of sp³-hybridized carbons (Fsp3) is 0.882. The van der Waals surface area contributed by atoms with Gasteiger partial charge < -0.3 is 10.4 Å². The molecule has 1 aliphatic heterocycles. The number of halogens is 1. The van der Waals surface area contributed by atoms with E-state index in [1.54, 1.807) is 0 Å². The van der Waals surface area contributed by atoms with Crippen LogP contribution in [-0.4, -0.2) is 47.6 Å². The predicted molar refractivity (Wildman–Crippen MR) is 92.9 cm³/mol. The Bertz CT molecular complexity index is 373. The Morgan fingerprint density at radius 3 is 2.43 bits per heavy atom. The van der Waals surface area contributed by atoms with Gasteiger partial charge in [0.25, 0.3) is 0 Å². The van der Waals surface area contributed by atoms with E-state index in [2.05, 4.69) is 5.32 Å². The van der Waals surface area contributed by atoms with Crippen LogP contribution in [0.25, 0.3) is 0 Å². The summed E-state index contributed by atoms with van der Waals surface area (Å²) >= 11 is 0. The summed E-state index contributed by atoms with van der Waals surface area (Å²) in [6.45, 7) is 1.66. The van der Waals surface area contributed by atoms with Crippen LogP contribution in [0.4, 0.5) is 0 Å². The summed E-state index contributed by atoms with van der Waals surface area (Å²) in [5, 5.41) is 12.2. The van der Waals surface area contributed by atoms with Crippen LogP contribution in [0.3, 0.4) is 0 Å². The number of rotatable bonds is 7. The molecule has 6 heteroatoms. The fourth-order valence-electron chi connectivity index (χ4n) is 3.79. The second-order valence-corrected chi connectivity index (χ2v) is 6.82. The van der Waals surface area contributed by atoms with Gasteiger partial charge in [-0.15, -0.1) is 12.4 Å². The standard InChI is InChI=1S/C17H30N2O3.ClH/c20-16(13-19-12-5-4-10-15(19)17(21)22)18-11-6-9-14-7-2-1-3-8-14;/h14-15H,1-13H2,(H,18,20)(H,21,22);1H. The Balaban J connectivity index is 0.00000264. The zero-order chi connectivity index (χ0) is 15.8. The van der Waals surface area contributed by atoms with Crippen LogP contribution in [-0.2, 0) is 9.59 Å². The Labute approximate surface area is 145 Å². The molecule has 2 rings (SSSR count). The molecule has 0 aromatic carbocycles. The molecular formula is C17H31ClN2O3. The third-order valence-corrected chi connectivity index (χ3v) is 5.08. The van der Waals surface area contributed by atoms with Crippen LogP contribution in [0.5, 0.6) is 0 Å². The number of amides is 1. The van der Waals surface area contributed by atoms with Gasteiger partial charge in [-0.1, -0.05) is 38.5 Å². The molecule has 0 aromatic heterocycles. The van der Waals surface area contributed by atoms with E-state index in [1.807, 2.05) is 4.90 Å². The molecule has 1 heterocycles. The van der Waals surface area contributed by atoms with Crippen molar-refractivity contribution in [3.05, 3.63) is 0 Å². The quantitative estimate of drug-likeness (QED) is 0.695. The number of carboxylic acids is 1. The van der Waals surface area contributed by atoms with Crippen LogP contribution in [0.15, 0.2) is 0 Å². The van der Waals surface area contributed by atoms with Gasteiger partial charge in [-0.3, -0.25) is 14.5 Å². The molecule has 1 unspecified atom stereocenters. The van der Waals surface area contributed by atoms with Crippen molar-refractivity contribution in [3.8, 4) is 0 Å². The van der Waals surface area contributed by atoms with Gasteiger partial charge in [0.05, 0.1) is 6.54 Å². The van der Waals surface area contributed by atoms with Gasteiger partial charge in [0.15, 0.2) is 0 Å². The van der Waals surface area contributed by atoms with Crippen molar-refractivity contribution < 1.29 is 14.7 Å². The van der Waals surface area contributed by atoms with Gasteiger partial charge in [-0.25, -0.2) is 0 Å². The van der Waals surface area contributed by atoms with E-state index in [9.17, 15) is 14.7 Å². The van der Waals surface area contributed by atoms with Gasteiger partial charge in [0, 0.05) is 6.54 Å². The lowest BCUT2D eigenvalue weighted by molar-refractivity contribution is -0.145. The number of carbonyl (C=O) groups excluding carboxylic acids is 1. The number of hydrogen-bond donors (Lipinski definition) is 2. The van der Waals surface area contributed by atoms with E-state index in [-0.39, 0.29) is 24.9 Å². The van der Waals surface area contributed by atoms with E-state index in [4.69, 9.17) is 0 Å². The first-order valence-electron chi connectivity index (χ1n) is 8.90. The first kappa shape index (κ1) is 20.2. The van der Waals surface area contributed by atoms with E-state index in [0.29, 0.717) is 13.0 Å². The Morgan fingerprint density at radius 1 is 1.04 bits per heavy atom. The average molecular weight is 347 g/mol. The number of hydrogen-bond acceptors (Lipinski definition) is 3. The molecule has 0 spiro atoms. The zero-order valence-corrected chi connectivity index (χ0v) is 14.8. The molecule has 1 aliphatic carbocycles. The third kappa shape index (κ3) is 7.08. The summed E-state index contributed by atoms with van der Waals surface area (Å²) in [6.07, 6.45) is 11.6. The second-order valence-electron chi connectivity index (χ2n) is 6.82. The lowest BCUT2D eigenvalue weighted by Crippen LogP contribution is -2.49. The van der Waals surface area contributed by atoms with E-state index in [0.717, 1.165) is 31.7 Å². The van der Waals surface area contributed by atoms with Crippen LogP contribution in [0.1, 0.15) is 64.2 Å². The number of carboxylic acid groups (broad SMARTS) is 1. The maximum atomic E-state index is 12.0. The third-order valence-electron chi connectivity index (χ3n) is 5.08. The highest BCUT2D eigenvalue weighted by Crippen LogP contribution is 2.26. The highest BCUT2D eigenvalue weighted by Gasteiger charge is 2.29. The van der Waals surface area contributed by atoms with Crippen molar-refractivity contribution >= 4 is 24.3 Å². The summed E-state index contributed by atoms with van der Waals surface area (Å²) in [7, 11) is 0. The normalized spacial score (nSPS) is 23.0. The van der Waals surface area contributed by atoms with Crippen LogP contribution >= 0.6 is 12.4 Å². The number of piperidine rings is 1. The average Bonchev–Trinajstić information content (AvgIpc) is 2.53. The largest absolute Gasteiger partial charge is 0.480 e. The maximum Gasteiger partial charge on any atom is 0.320 e. The van der Waals surface area contributed by atoms with Crippen LogP contribution < -0.4 is 5.32 Å². The molecule has 23 heavy (non-hydrogen) atoms. The van der Waals surface area contributed by atoms with Crippen LogP contribution in [0, 0.1) is 5.92 Å². The summed E-state index contributed by atoms with van der Waals surface area (Å²) in [5.74, 6) is 0.0192. The first-order chi connectivity index (χ1) is 10.7. The Kier molecular flexibility index (Phi) is 9.56. The monoisotopic (exact) mass is 346 g/mol. The van der Waals surface area contributed by atoms with Gasteiger partial charge >= 0.3 is 5.97 Å². The van der Waals surface area contributed by atoms with Crippen molar-refractivity contribution in [1.29, 1.82) is 0 Å². The summed E-state index contributed by atoms with van der Waals surface area (Å²) in [4.78, 5) is 25.0. The smallest absolute Gasteiger partial charge is 0.320 e. The van der Waals surface area contributed by atoms with Gasteiger partial charge in [-0.05, 0) is 38.1 Å². The minimum atomic E-state index is -0.801. The minimum Gasteiger partial charge on any atom is -0.480 e. The molecule has 0 radical (unpaired) electrons. The molecular weight excluding hydrogens is 316 g/mol. The van der Waals surface area contributed by atoms with Gasteiger partial charge in [0.2, 0.25) is 5.91 Å². The molecule has 0 aromatic rings. The Morgan fingerprint density at radius 2 is 1.74 bits per heavy atom. The van der Waals surface area contributed by atoms with Crippen molar-refractivity contribution in [3.63, 3.8) is 0 Å². The van der Waals surface area contributed by atoms with E-state index >= 15 is 0 Å². The van der Waals surface area contributed by atoms with Crippen molar-refractivity contribution in [2.75, 3.05) is 19.6 Å². The number of nitrogens with zero attached hydrogens (tertiary/aromatic N) is 1. The van der Waals surface area contributed by atoms with Crippen molar-refractivity contribution in [1.82, 2.24) is 10.2 Å². The van der Waals surface area contributed by atoms with Crippen LogP contribution in [0.2, 0.25) is 0 Å². The minimum absolute atomic E-state index is 0. The summed E-state index contributed by atoms with van der Waals surface area (Å²) in [6, 6.07) is -0.485. The second kappa shape index (κ2) is 10.9. The highest BCUT2D eigenvalue weighted by atomic mass is 35.5. The topological polar surface area (TPSA) is 69.6 Å². The maximum absolute atomic E-state index is 12.0. The molecule has 2 fully saturated rings. The molecule has 1 saturated heterocycles. The molecule has 5 nitrogen and oxygen atoms in total. The number of nitrogens with one attached hydrogen (secondary N) is 1. The molecule has 0 bridgehead atoms. The molecule has 134 valence electrons. The molecule has 1 atom stereocenters. The van der Waals surface area contributed by atoms with Crippen molar-refractivity contribution in [2.45, 2.75) is 70.3 Å². The molecule has 1 amide bonds. The highest BCUT2D eigenvalue weighted by molar-refractivity contribution is 5.85. The van der Waals surface area contributed by atoms with E-state index < -0.39 is 12.0 Å². The van der Waals surface area contributed by atoms with E-state index in [1.165, 1.54) is 38.5 Å². The molecule has 2 aliphatic rings. The molecule has 2 N–H and O–H groups in total. The Hall–Kier alpha value is -0.810. The number of aliphatic carboxylic acids is 1. The van der Waals surface area contributed by atoms with Crippen molar-refractivity contribution in [2.24, 2.45) is 5.92 Å². The lowest BCUT2D eigenvalue weighted by atomic mass is 9.86. The number of carbonyl (C=O) groups is 2. The van der Waals surface area contributed by atoms with Gasteiger partial charge in [0.1, 0.15) is 6.04 Å². The SMILES string of the molecule is Cl.O=C(CN1CCCCC1C(=O)O)NCCCC1CCCCC1. The summed E-state index contributed by atoms with van der Waals surface area (Å²) < 4.78 is 0.